The minimum absolute atomic E-state index is 0.509. The molecule has 1 heterocycles. The molecule has 2 aromatic carbocycles. The molecule has 2 fully saturated rings. The smallest absolute Gasteiger partial charge is 0.119 e. The molecule has 4 nitrogen and oxygen atoms in total. The predicted molar refractivity (Wildman–Crippen MR) is 109 cm³/mol. The van der Waals surface area contributed by atoms with Crippen LogP contribution in [0.15, 0.2) is 48.5 Å². The largest absolute Gasteiger partial charge is 0.497 e. The average molecular weight is 367 g/mol. The topological polar surface area (TPSA) is 42.5 Å². The summed E-state index contributed by atoms with van der Waals surface area (Å²) in [5.74, 6) is 1.58. The van der Waals surface area contributed by atoms with Crippen molar-refractivity contribution in [2.24, 2.45) is 5.92 Å². The third-order valence-electron chi connectivity index (χ3n) is 5.96. The highest BCUT2D eigenvalue weighted by Crippen LogP contribution is 2.30. The van der Waals surface area contributed by atoms with E-state index in [0.29, 0.717) is 18.0 Å². The van der Waals surface area contributed by atoms with E-state index < -0.39 is 0 Å². The van der Waals surface area contributed by atoms with E-state index in [4.69, 9.17) is 9.47 Å². The molecule has 3 atom stereocenters. The Kier molecular flexibility index (Phi) is 6.07. The number of nitrogens with one attached hydrogen (secondary N) is 2. The van der Waals surface area contributed by atoms with Crippen LogP contribution < -0.4 is 15.4 Å². The zero-order valence-corrected chi connectivity index (χ0v) is 16.1. The van der Waals surface area contributed by atoms with Gasteiger partial charge in [0.2, 0.25) is 0 Å². The van der Waals surface area contributed by atoms with Gasteiger partial charge in [0.15, 0.2) is 0 Å². The molecule has 1 saturated heterocycles. The van der Waals surface area contributed by atoms with Crippen LogP contribution in [0.4, 0.5) is 0 Å². The fourth-order valence-corrected chi connectivity index (χ4v) is 4.45. The fraction of sp³-hybridized carbons (Fsp3) is 0.478. The molecular weight excluding hydrogens is 336 g/mol. The fourth-order valence-electron chi connectivity index (χ4n) is 4.45. The minimum Gasteiger partial charge on any atom is -0.497 e. The molecule has 0 aromatic heterocycles. The van der Waals surface area contributed by atoms with E-state index in [-0.39, 0.29) is 0 Å². The van der Waals surface area contributed by atoms with Crippen molar-refractivity contribution in [3.8, 4) is 16.9 Å². The lowest BCUT2D eigenvalue weighted by Crippen LogP contribution is -2.50. The lowest BCUT2D eigenvalue weighted by Gasteiger charge is -2.33. The van der Waals surface area contributed by atoms with Crippen LogP contribution in [0.25, 0.3) is 11.1 Å². The quantitative estimate of drug-likeness (QED) is 0.820. The van der Waals surface area contributed by atoms with Crippen LogP contribution in [-0.4, -0.2) is 39.0 Å². The van der Waals surface area contributed by atoms with Crippen LogP contribution in [0.1, 0.15) is 24.8 Å². The van der Waals surface area contributed by atoms with Gasteiger partial charge in [0.05, 0.1) is 20.3 Å². The first-order valence-electron chi connectivity index (χ1n) is 10.1. The first kappa shape index (κ1) is 18.5. The number of morpholine rings is 1. The van der Waals surface area contributed by atoms with Gasteiger partial charge in [-0.1, -0.05) is 42.8 Å². The van der Waals surface area contributed by atoms with E-state index >= 15 is 0 Å². The second-order valence-electron chi connectivity index (χ2n) is 7.65. The lowest BCUT2D eigenvalue weighted by atomic mass is 9.94. The zero-order valence-electron chi connectivity index (χ0n) is 16.1. The molecule has 2 aromatic rings. The summed E-state index contributed by atoms with van der Waals surface area (Å²) in [5, 5.41) is 7.46. The Morgan fingerprint density at radius 2 is 2.00 bits per heavy atom. The van der Waals surface area contributed by atoms with Gasteiger partial charge in [-0.15, -0.1) is 0 Å². The molecule has 0 bridgehead atoms. The van der Waals surface area contributed by atoms with Crippen molar-refractivity contribution >= 4 is 0 Å². The maximum atomic E-state index is 5.68. The number of methoxy groups -OCH3 is 1. The van der Waals surface area contributed by atoms with Crippen LogP contribution in [0.2, 0.25) is 0 Å². The van der Waals surface area contributed by atoms with Gasteiger partial charge in [-0.05, 0) is 47.6 Å². The summed E-state index contributed by atoms with van der Waals surface area (Å²) in [4.78, 5) is 0. The Morgan fingerprint density at radius 1 is 1.11 bits per heavy atom. The van der Waals surface area contributed by atoms with Crippen molar-refractivity contribution in [1.82, 2.24) is 10.6 Å². The van der Waals surface area contributed by atoms with Gasteiger partial charge < -0.3 is 20.1 Å². The van der Waals surface area contributed by atoms with E-state index in [0.717, 1.165) is 32.1 Å². The molecule has 3 unspecified atom stereocenters. The molecule has 144 valence electrons. The van der Waals surface area contributed by atoms with Crippen LogP contribution in [-0.2, 0) is 11.3 Å². The van der Waals surface area contributed by atoms with Crippen molar-refractivity contribution in [2.75, 3.05) is 26.9 Å². The van der Waals surface area contributed by atoms with Crippen LogP contribution in [0.3, 0.4) is 0 Å². The van der Waals surface area contributed by atoms with Gasteiger partial charge in [0.1, 0.15) is 5.75 Å². The van der Waals surface area contributed by atoms with E-state index in [9.17, 15) is 0 Å². The molecule has 1 saturated carbocycles. The Balaban J connectivity index is 1.35. The number of hydrogen-bond acceptors (Lipinski definition) is 4. The highest BCUT2D eigenvalue weighted by molar-refractivity contribution is 5.65. The van der Waals surface area contributed by atoms with Gasteiger partial charge in [-0.25, -0.2) is 0 Å². The summed E-state index contributed by atoms with van der Waals surface area (Å²) in [7, 11) is 1.71. The van der Waals surface area contributed by atoms with Crippen LogP contribution in [0, 0.1) is 5.92 Å². The minimum atomic E-state index is 0.509. The van der Waals surface area contributed by atoms with Gasteiger partial charge in [-0.2, -0.15) is 0 Å². The zero-order chi connectivity index (χ0) is 18.5. The van der Waals surface area contributed by atoms with Crippen molar-refractivity contribution in [3.63, 3.8) is 0 Å². The van der Waals surface area contributed by atoms with Crippen molar-refractivity contribution in [1.29, 1.82) is 0 Å². The Hall–Kier alpha value is -1.88. The Labute approximate surface area is 162 Å². The highest BCUT2D eigenvalue weighted by atomic mass is 16.5. The van der Waals surface area contributed by atoms with E-state index in [1.54, 1.807) is 7.11 Å². The molecule has 2 N–H and O–H groups in total. The van der Waals surface area contributed by atoms with Crippen molar-refractivity contribution in [3.05, 3.63) is 54.1 Å². The molecule has 1 aliphatic carbocycles. The van der Waals surface area contributed by atoms with Crippen molar-refractivity contribution in [2.45, 2.75) is 37.9 Å². The van der Waals surface area contributed by atoms with Crippen LogP contribution in [0.5, 0.6) is 5.75 Å². The summed E-state index contributed by atoms with van der Waals surface area (Å²) < 4.78 is 11.0. The molecule has 4 rings (SSSR count). The molecular formula is C23H30N2O2. The molecule has 27 heavy (non-hydrogen) atoms. The normalized spacial score (nSPS) is 25.4. The number of hydrogen-bond donors (Lipinski definition) is 2. The molecule has 0 spiro atoms. The molecule has 2 aliphatic rings. The molecule has 0 amide bonds. The second-order valence-corrected chi connectivity index (χ2v) is 7.65. The lowest BCUT2D eigenvalue weighted by molar-refractivity contribution is 0.0524. The maximum Gasteiger partial charge on any atom is 0.119 e. The number of benzene rings is 2. The maximum absolute atomic E-state index is 5.68. The van der Waals surface area contributed by atoms with E-state index in [1.807, 2.05) is 12.1 Å². The standard InChI is InChI=1S/C23H30N2O2/c1-26-20-5-2-4-19(14-20)18-10-8-17(9-11-18)15-25-22-7-3-6-21(22)23-16-27-13-12-24-23/h2,4-5,8-11,14,21-25H,3,6-7,12-13,15-16H2,1H3. The molecule has 4 heteroatoms. The first-order valence-corrected chi connectivity index (χ1v) is 10.1. The average Bonchev–Trinajstić information content (AvgIpc) is 3.22. The third kappa shape index (κ3) is 4.52. The second kappa shape index (κ2) is 8.87. The number of ether oxygens (including phenoxy) is 2. The summed E-state index contributed by atoms with van der Waals surface area (Å²) in [6, 6.07) is 18.2. The summed E-state index contributed by atoms with van der Waals surface area (Å²) >= 11 is 0. The van der Waals surface area contributed by atoms with Gasteiger partial charge in [0.25, 0.3) is 0 Å². The van der Waals surface area contributed by atoms with E-state index in [2.05, 4.69) is 47.0 Å². The summed E-state index contributed by atoms with van der Waals surface area (Å²) in [6.07, 6.45) is 3.88. The van der Waals surface area contributed by atoms with Crippen LogP contribution >= 0.6 is 0 Å². The first-order chi connectivity index (χ1) is 13.3. The number of rotatable bonds is 6. The molecule has 0 radical (unpaired) electrons. The van der Waals surface area contributed by atoms with Gasteiger partial charge >= 0.3 is 0 Å². The predicted octanol–water partition coefficient (Wildman–Crippen LogP) is 3.61. The monoisotopic (exact) mass is 366 g/mol. The summed E-state index contributed by atoms with van der Waals surface area (Å²) in [5.41, 5.74) is 3.74. The third-order valence-corrected chi connectivity index (χ3v) is 5.96. The SMILES string of the molecule is COc1cccc(-c2ccc(CNC3CCCC3C3COCCN3)cc2)c1. The Morgan fingerprint density at radius 3 is 2.78 bits per heavy atom. The Bertz CT molecular complexity index is 725. The molecule has 1 aliphatic heterocycles. The highest BCUT2D eigenvalue weighted by Gasteiger charge is 2.34. The van der Waals surface area contributed by atoms with Gasteiger partial charge in [0, 0.05) is 25.2 Å². The van der Waals surface area contributed by atoms with Crippen molar-refractivity contribution < 1.29 is 9.47 Å². The summed E-state index contributed by atoms with van der Waals surface area (Å²) in [6.45, 7) is 3.62. The van der Waals surface area contributed by atoms with E-state index in [1.165, 1.54) is 36.0 Å². The van der Waals surface area contributed by atoms with Gasteiger partial charge in [-0.3, -0.25) is 0 Å².